The molecule has 12 nitrogen and oxygen atoms in total. The van der Waals surface area contributed by atoms with Gasteiger partial charge in [0, 0.05) is 38.5 Å². The molecule has 2 saturated heterocycles. The molecule has 0 aromatic rings. The Morgan fingerprint density at radius 2 is 0.873 bits per heavy atom. The van der Waals surface area contributed by atoms with Gasteiger partial charge in [-0.25, -0.2) is 0 Å². The van der Waals surface area contributed by atoms with E-state index in [-0.39, 0.29) is 193 Å². The van der Waals surface area contributed by atoms with Crippen molar-refractivity contribution >= 4 is 266 Å². The Hall–Kier alpha value is 8.80. The average Bonchev–Trinajstić information content (AvgIpc) is 1.64. The van der Waals surface area contributed by atoms with E-state index in [0.717, 1.165) is 88.2 Å². The van der Waals surface area contributed by atoms with Crippen molar-refractivity contribution in [2.24, 2.45) is 35.5 Å². The molecule has 0 radical (unpaired) electrons. The summed E-state index contributed by atoms with van der Waals surface area (Å²) in [5.74, 6) is 1.11. The molecule has 2 amide bonds. The van der Waals surface area contributed by atoms with Crippen LogP contribution in [-0.4, -0.2) is 94.9 Å². The van der Waals surface area contributed by atoms with E-state index in [1.165, 1.54) is 13.8 Å². The fourth-order valence-electron chi connectivity index (χ4n) is 10.8. The van der Waals surface area contributed by atoms with Gasteiger partial charge in [-0.1, -0.05) is 135 Å². The number of hydrogen-bond donors (Lipinski definition) is 4. The second-order valence-electron chi connectivity index (χ2n) is 25.6. The van der Waals surface area contributed by atoms with Gasteiger partial charge in [-0.15, -0.1) is 158 Å². The first kappa shape index (κ1) is 111. The number of aliphatic hydroxyl groups is 2. The summed E-state index contributed by atoms with van der Waals surface area (Å²) in [5.41, 5.74) is 2.15. The van der Waals surface area contributed by atoms with E-state index in [4.69, 9.17) is 18.9 Å². The summed E-state index contributed by atoms with van der Waals surface area (Å²) < 4.78 is 22.2. The molecular weight excluding hydrogens is 1840 g/mol. The van der Waals surface area contributed by atoms with Crippen LogP contribution in [0.3, 0.4) is 0 Å². The summed E-state index contributed by atoms with van der Waals surface area (Å²) in [5, 5.41) is 26.0. The molecule has 42 heteroatoms. The number of hydrogen-bond acceptors (Lipinski definition) is 10. The molecule has 0 aromatic carbocycles. The van der Waals surface area contributed by atoms with Crippen LogP contribution in [0.25, 0.3) is 0 Å². The lowest BCUT2D eigenvalue weighted by Crippen LogP contribution is -2.39. The van der Waals surface area contributed by atoms with Gasteiger partial charge in [0.2, 0.25) is 11.8 Å². The van der Waals surface area contributed by atoms with Crippen LogP contribution in [0.1, 0.15) is 173 Å². The molecule has 0 aromatic heterocycles. The topological polar surface area (TPSA) is 176 Å². The molecule has 4 rings (SSSR count). The number of carbonyl (C=O) groups excluding carboxylic acids is 4. The lowest BCUT2D eigenvalue weighted by molar-refractivity contribution is -0.145. The quantitative estimate of drug-likeness (QED) is 0.0185. The molecule has 4 heterocycles. The number of rotatable bonds is 29. The lowest BCUT2D eigenvalue weighted by atomic mass is 9.92. The first-order valence-corrected chi connectivity index (χ1v) is 86.7. The molecule has 4 aliphatic heterocycles. The summed E-state index contributed by atoms with van der Waals surface area (Å²) >= 11 is 0. The molecule has 0 spiro atoms. The zero-order valence-electron chi connectivity index (χ0n) is 62.1. The van der Waals surface area contributed by atoms with Crippen molar-refractivity contribution in [3.05, 3.63) is 85.1 Å². The predicted octanol–water partition coefficient (Wildman–Crippen LogP) is 28.1. The molecule has 0 aliphatic carbocycles. The minimum absolute atomic E-state index is 0.0608. The lowest BCUT2D eigenvalue weighted by Gasteiger charge is -2.40. The summed E-state index contributed by atoms with van der Waals surface area (Å²) in [7, 11) is 52.1. The number of allylic oxidation sites excluding steroid dienone is 6. The highest BCUT2D eigenvalue weighted by Gasteiger charge is 2.46. The van der Waals surface area contributed by atoms with Crippen LogP contribution in [0, 0.1) is 35.5 Å². The molecule has 0 saturated carbocycles. The number of aliphatic hydroxyl groups excluding tert-OH is 2. The third kappa shape index (κ3) is 48.3. The van der Waals surface area contributed by atoms with E-state index in [1.54, 1.807) is 6.08 Å². The number of nitrogens with one attached hydrogen (secondary N) is 2. The fraction of sp³-hybridized carbons (Fsp3) is 0.700. The smallest absolute Gasteiger partial charge is 0.303 e. The molecule has 4 N–H and O–H groups in total. The van der Waals surface area contributed by atoms with Gasteiger partial charge in [-0.3, -0.25) is 19.2 Å². The zero-order valence-corrected chi connectivity index (χ0v) is 93.4. The van der Waals surface area contributed by atoms with Crippen molar-refractivity contribution in [3.8, 4) is 0 Å². The van der Waals surface area contributed by atoms with Gasteiger partial charge in [0.15, 0.2) is 0 Å². The van der Waals surface area contributed by atoms with Gasteiger partial charge in [0.05, 0.1) is 48.7 Å². The van der Waals surface area contributed by atoms with Gasteiger partial charge in [0.1, 0.15) is 12.2 Å². The first-order chi connectivity index (χ1) is 47.6. The SMILES string of the molecule is C=C/C=C(\C)[C@H]1NC(=O)CCCCCC(OC(C)=O)/C=C/[C@@H]1C.C=C[C@@H](C)C[C@H]1O[C@@H]1[C@H](C)[C@@H](O)CC.CC[C@H](O)[C@@H](C)[C@H]1O[C@@H]1C[C@H](C)/C=C/C=C(\C)[C@H]1NC(=O)CCCCCC(OC(C)=O)/C=C/[C@@H]1C.PP(P)P(P(P)P)P(P(P)P)P(P)P.PP(P)P(P)P(P(P)P)P(P(P)P)P(P)P. The Balaban J connectivity index is 0.00000132. The first-order valence-electron chi connectivity index (χ1n) is 34.0. The summed E-state index contributed by atoms with van der Waals surface area (Å²) in [6.45, 7) is 32.5. The van der Waals surface area contributed by atoms with Gasteiger partial charge < -0.3 is 39.8 Å². The summed E-state index contributed by atoms with van der Waals surface area (Å²) in [6.07, 6.45) is 31.7. The Kier molecular flexibility index (Phi) is 68.3. The highest BCUT2D eigenvalue weighted by atomic mass is 33.4. The predicted molar refractivity (Wildman–Crippen MR) is 546 cm³/mol. The van der Waals surface area contributed by atoms with Crippen molar-refractivity contribution in [3.63, 3.8) is 0 Å². The molecular formula is C60H132N2O10P30. The van der Waals surface area contributed by atoms with E-state index in [0.29, 0.717) is 30.8 Å². The number of carbonyl (C=O) groups is 4. The maximum absolute atomic E-state index is 12.6. The summed E-state index contributed by atoms with van der Waals surface area (Å²) in [4.78, 5) is 47.4. The van der Waals surface area contributed by atoms with E-state index in [9.17, 15) is 29.4 Å². The number of epoxide rings is 2. The van der Waals surface area contributed by atoms with Crippen LogP contribution in [-0.2, 0) is 38.1 Å². The molecule has 21 unspecified atom stereocenters. The summed E-state index contributed by atoms with van der Waals surface area (Å²) in [6, 6.07) is -0.196. The second kappa shape index (κ2) is 62.9. The Labute approximate surface area is 673 Å². The largest absolute Gasteiger partial charge is 0.458 e. The molecule has 35 atom stereocenters. The molecule has 4 aliphatic rings. The van der Waals surface area contributed by atoms with Gasteiger partial charge >= 0.3 is 11.9 Å². The van der Waals surface area contributed by atoms with Crippen molar-refractivity contribution in [1.82, 2.24) is 10.6 Å². The minimum atomic E-state index is -0.303. The zero-order chi connectivity index (χ0) is 78.4. The highest BCUT2D eigenvalue weighted by molar-refractivity contribution is 9.30. The van der Waals surface area contributed by atoms with Gasteiger partial charge in [-0.05, 0) is 205 Å². The number of amides is 2. The minimum Gasteiger partial charge on any atom is -0.458 e. The molecule has 102 heavy (non-hydrogen) atoms. The van der Waals surface area contributed by atoms with Crippen LogP contribution < -0.4 is 10.6 Å². The monoisotopic (exact) mass is 1970 g/mol. The highest BCUT2D eigenvalue weighted by Crippen LogP contribution is 3.25. The second-order valence-corrected chi connectivity index (χ2v) is 141. The van der Waals surface area contributed by atoms with Crippen LogP contribution in [0.2, 0.25) is 0 Å². The average molecular weight is 1970 g/mol. The van der Waals surface area contributed by atoms with Crippen molar-refractivity contribution in [2.45, 2.75) is 234 Å². The van der Waals surface area contributed by atoms with Crippen molar-refractivity contribution in [2.75, 3.05) is 0 Å². The van der Waals surface area contributed by atoms with Gasteiger partial charge in [0.25, 0.3) is 0 Å². The maximum atomic E-state index is 12.6. The maximum Gasteiger partial charge on any atom is 0.303 e. The van der Waals surface area contributed by atoms with E-state index in [1.807, 2.05) is 58.1 Å². The van der Waals surface area contributed by atoms with Crippen LogP contribution in [0.5, 0.6) is 0 Å². The van der Waals surface area contributed by atoms with E-state index < -0.39 is 0 Å². The third-order valence-corrected chi connectivity index (χ3v) is 192. The van der Waals surface area contributed by atoms with Crippen LogP contribution in [0.15, 0.2) is 85.1 Å². The Bertz CT molecular complexity index is 2530. The molecule has 2 fully saturated rings. The third-order valence-electron chi connectivity index (χ3n) is 16.7. The normalized spacial score (nSPS) is 26.3. The standard InChI is InChI=1S/C29H47NO5.C19H29NO3.C12H22O2.H18P16.H16P14/c1-7-25(32)22(5)29-26(35-29)18-19(2)12-11-13-20(3)28-21(4)16-17-24(34-23(6)31)14-9-8-10-15-27(33)30-28;1-5-9-14(2)19-15(3)12-13-17(23-16(4)21)10-7-6-8-11-18(22)20-19;1-5-8(3)7-11-12(14-11)9(4)10(13)6-2;1-10(2)14(9)16(13(7)8)15(11(3)4)12(5)6;1-9(2)13(10(3)4)14(11(5)6)12(7)8/h11-13,16-17,19,21-22,24-26,28-29,32H,7-10,14-15,18H2,1-6H3,(H,30,33);5,9,12-13,15,17,19H,1,6-8,10-11H2,2-4H3,(H,20,22);5,8-13H,1,6-7H2,2-4H3;1-9H2;1-8H2/b12-11+,17-16+,20-13+;13-12+,14-9+;;;/t19-,21+,22-,24?,25+,26-,28-,29-;15-,17?,19+;8-,9-,10+,11-,12-;;/m101../s1. The van der Waals surface area contributed by atoms with Crippen molar-refractivity contribution < 1.29 is 48.3 Å². The van der Waals surface area contributed by atoms with E-state index >= 15 is 0 Å². The van der Waals surface area contributed by atoms with E-state index in [2.05, 4.69) is 241 Å². The molecule has 592 valence electrons. The molecule has 0 bridgehead atoms. The number of esters is 2. The van der Waals surface area contributed by atoms with Gasteiger partial charge in [-0.2, -0.15) is 0 Å². The Morgan fingerprint density at radius 1 is 0.529 bits per heavy atom. The Morgan fingerprint density at radius 3 is 1.19 bits per heavy atom. The van der Waals surface area contributed by atoms with Crippen molar-refractivity contribution in [1.29, 1.82) is 0 Å². The van der Waals surface area contributed by atoms with Crippen LogP contribution in [0.4, 0.5) is 0 Å². The fourth-order valence-corrected chi connectivity index (χ4v) is 322. The number of ether oxygens (including phenoxy) is 4. The van der Waals surface area contributed by atoms with Crippen LogP contribution >= 0.6 is 243 Å².